The smallest absolute Gasteiger partial charge is 0.139 e. The third-order valence-electron chi connectivity index (χ3n) is 2.98. The molecule has 0 bridgehead atoms. The third-order valence-corrected chi connectivity index (χ3v) is 4.10. The summed E-state index contributed by atoms with van der Waals surface area (Å²) in [4.78, 5) is 8.46. The van der Waals surface area contributed by atoms with Gasteiger partial charge < -0.3 is 11.1 Å². The topological polar surface area (TPSA) is 88.5 Å². The number of rotatable bonds is 2. The van der Waals surface area contributed by atoms with Crippen LogP contribution < -0.4 is 11.1 Å². The van der Waals surface area contributed by atoms with Crippen molar-refractivity contribution in [1.82, 2.24) is 9.97 Å². The molecule has 9 heteroatoms. The van der Waals surface area contributed by atoms with Crippen molar-refractivity contribution in [2.45, 2.75) is 13.8 Å². The number of halogens is 2. The minimum Gasteiger partial charge on any atom is -0.383 e. The molecule has 0 saturated carbocycles. The zero-order valence-corrected chi connectivity index (χ0v) is 13.4. The number of hydrogen-bond donors (Lipinski definition) is 2. The first-order chi connectivity index (χ1) is 9.97. The first-order valence-corrected chi connectivity index (χ1v) is 7.44. The zero-order chi connectivity index (χ0) is 15.1. The van der Waals surface area contributed by atoms with Gasteiger partial charge in [0.1, 0.15) is 28.8 Å². The summed E-state index contributed by atoms with van der Waals surface area (Å²) < 4.78 is 8.40. The molecule has 0 spiro atoms. The molecule has 0 unspecified atom stereocenters. The van der Waals surface area contributed by atoms with Crippen molar-refractivity contribution in [2.75, 3.05) is 11.1 Å². The highest BCUT2D eigenvalue weighted by molar-refractivity contribution is 7.58. The minimum absolute atomic E-state index is 0.419. The van der Waals surface area contributed by atoms with Gasteiger partial charge in [0.05, 0.1) is 27.1 Å². The quantitative estimate of drug-likeness (QED) is 0.720. The molecule has 3 rings (SSSR count). The lowest BCUT2D eigenvalue weighted by Crippen LogP contribution is -2.05. The van der Waals surface area contributed by atoms with Gasteiger partial charge in [-0.1, -0.05) is 23.2 Å². The number of hydrogen-bond acceptors (Lipinski definition) is 6. The van der Waals surface area contributed by atoms with Crippen LogP contribution in [0.2, 0.25) is 10.0 Å². The van der Waals surface area contributed by atoms with E-state index in [0.29, 0.717) is 44.6 Å². The first-order valence-electron chi connectivity index (χ1n) is 5.95. The molecule has 0 saturated heterocycles. The van der Waals surface area contributed by atoms with Gasteiger partial charge in [-0.25, -0.2) is 9.97 Å². The average molecular weight is 341 g/mol. The third kappa shape index (κ3) is 2.48. The molecule has 1 aliphatic rings. The maximum atomic E-state index is 6.26. The Morgan fingerprint density at radius 3 is 2.57 bits per heavy atom. The van der Waals surface area contributed by atoms with Gasteiger partial charge in [0, 0.05) is 5.56 Å². The van der Waals surface area contributed by atoms with E-state index >= 15 is 0 Å². The molecule has 0 aliphatic carbocycles. The maximum Gasteiger partial charge on any atom is 0.139 e. The molecule has 3 N–H and O–H groups in total. The summed E-state index contributed by atoms with van der Waals surface area (Å²) in [7, 11) is 0. The van der Waals surface area contributed by atoms with Crippen molar-refractivity contribution in [3.8, 4) is 0 Å². The van der Waals surface area contributed by atoms with Gasteiger partial charge in [0.2, 0.25) is 0 Å². The number of aromatic nitrogens is 2. The predicted molar refractivity (Wildman–Crippen MR) is 87.2 cm³/mol. The van der Waals surface area contributed by atoms with E-state index in [0.717, 1.165) is 16.9 Å². The molecule has 6 nitrogen and oxygen atoms in total. The van der Waals surface area contributed by atoms with Crippen LogP contribution >= 0.6 is 23.2 Å². The van der Waals surface area contributed by atoms with E-state index in [9.17, 15) is 0 Å². The Hall–Kier alpha value is -1.70. The average Bonchev–Trinajstić information content (AvgIpc) is 2.89. The number of nitrogen functional groups attached to an aromatic ring is 1. The summed E-state index contributed by atoms with van der Waals surface area (Å²) >= 11 is 13.4. The molecule has 1 aromatic carbocycles. The second-order valence-corrected chi connectivity index (χ2v) is 5.77. The molecule has 0 atom stereocenters. The molecule has 0 fully saturated rings. The lowest BCUT2D eigenvalue weighted by atomic mass is 10.2. The molecule has 1 aliphatic heterocycles. The molecule has 21 heavy (non-hydrogen) atoms. The van der Waals surface area contributed by atoms with Gasteiger partial charge in [0.15, 0.2) is 0 Å². The fraction of sp³-hybridized carbons (Fsp3) is 0.167. The van der Waals surface area contributed by atoms with Crippen LogP contribution in [0.5, 0.6) is 0 Å². The van der Waals surface area contributed by atoms with Crippen LogP contribution in [0.4, 0.5) is 28.7 Å². The molecule has 0 amide bonds. The van der Waals surface area contributed by atoms with Crippen molar-refractivity contribution in [3.63, 3.8) is 0 Å². The first kappa shape index (κ1) is 14.2. The fourth-order valence-electron chi connectivity index (χ4n) is 1.88. The SMILES string of the molecule is Cc1nc(N)c(C)c(Nc2c(Cl)cc(Cl)c3c2N=S=N3)n1. The van der Waals surface area contributed by atoms with Gasteiger partial charge in [-0.2, -0.15) is 8.73 Å². The number of anilines is 3. The number of benzene rings is 1. The summed E-state index contributed by atoms with van der Waals surface area (Å²) in [5.41, 5.74) is 8.41. The van der Waals surface area contributed by atoms with Crippen LogP contribution in [0.1, 0.15) is 11.4 Å². The number of nitrogens with zero attached hydrogens (tertiary/aromatic N) is 4. The van der Waals surface area contributed by atoms with Crippen molar-refractivity contribution in [2.24, 2.45) is 8.73 Å². The number of aryl methyl sites for hydroxylation is 1. The minimum atomic E-state index is 0.419. The van der Waals surface area contributed by atoms with Crippen LogP contribution in [0, 0.1) is 13.8 Å². The van der Waals surface area contributed by atoms with E-state index in [-0.39, 0.29) is 0 Å². The van der Waals surface area contributed by atoms with Crippen molar-refractivity contribution in [3.05, 3.63) is 27.5 Å². The van der Waals surface area contributed by atoms with Gasteiger partial charge in [-0.3, -0.25) is 0 Å². The Balaban J connectivity index is 2.12. The maximum absolute atomic E-state index is 6.26. The van der Waals surface area contributed by atoms with E-state index in [1.54, 1.807) is 13.0 Å². The Labute approximate surface area is 134 Å². The normalized spacial score (nSPS) is 12.2. The Kier molecular flexibility index (Phi) is 3.56. The number of fused-ring (bicyclic) bond motifs is 1. The van der Waals surface area contributed by atoms with Gasteiger partial charge >= 0.3 is 0 Å². The standard InChI is InChI=1S/C12H10Cl2N6S/c1-4-11(15)16-5(2)17-12(4)18-8-6(13)3-7(14)9-10(8)20-21-19-9/h3H,1-2H3,(H3,15,16,17,18). The highest BCUT2D eigenvalue weighted by atomic mass is 35.5. The second-order valence-electron chi connectivity index (χ2n) is 4.43. The van der Waals surface area contributed by atoms with Crippen LogP contribution in [-0.4, -0.2) is 9.97 Å². The second kappa shape index (κ2) is 5.25. The zero-order valence-electron chi connectivity index (χ0n) is 11.1. The van der Waals surface area contributed by atoms with Crippen molar-refractivity contribution in [1.29, 1.82) is 0 Å². The highest BCUT2D eigenvalue weighted by Gasteiger charge is 2.20. The van der Waals surface area contributed by atoms with Gasteiger partial charge in [0.25, 0.3) is 0 Å². The summed E-state index contributed by atoms with van der Waals surface area (Å²) in [5, 5.41) is 4.06. The molecule has 108 valence electrons. The fourth-order valence-corrected chi connectivity index (χ4v) is 3.04. The van der Waals surface area contributed by atoms with E-state index < -0.39 is 0 Å². The lowest BCUT2D eigenvalue weighted by molar-refractivity contribution is 1.04. The van der Waals surface area contributed by atoms with E-state index in [2.05, 4.69) is 24.0 Å². The molecule has 2 aromatic rings. The monoisotopic (exact) mass is 340 g/mol. The molecule has 1 aromatic heterocycles. The van der Waals surface area contributed by atoms with E-state index in [4.69, 9.17) is 28.9 Å². The van der Waals surface area contributed by atoms with E-state index in [1.165, 1.54) is 0 Å². The van der Waals surface area contributed by atoms with Gasteiger partial charge in [-0.05, 0) is 19.9 Å². The Morgan fingerprint density at radius 2 is 1.81 bits per heavy atom. The van der Waals surface area contributed by atoms with Crippen LogP contribution in [0.25, 0.3) is 0 Å². The molecule has 2 heterocycles. The van der Waals surface area contributed by atoms with Gasteiger partial charge in [-0.15, -0.1) is 0 Å². The number of nitrogens with two attached hydrogens (primary N) is 1. The molecular weight excluding hydrogens is 331 g/mol. The van der Waals surface area contributed by atoms with Crippen LogP contribution in [0.15, 0.2) is 14.8 Å². The van der Waals surface area contributed by atoms with Crippen molar-refractivity contribution < 1.29 is 0 Å². The number of nitrogens with one attached hydrogen (secondary N) is 1. The van der Waals surface area contributed by atoms with Crippen LogP contribution in [-0.2, 0) is 11.4 Å². The largest absolute Gasteiger partial charge is 0.383 e. The summed E-state index contributed by atoms with van der Waals surface area (Å²) in [6.07, 6.45) is 0. The predicted octanol–water partition coefficient (Wildman–Crippen LogP) is 4.45. The summed E-state index contributed by atoms with van der Waals surface area (Å²) in [6.45, 7) is 3.60. The Morgan fingerprint density at radius 1 is 1.10 bits per heavy atom. The van der Waals surface area contributed by atoms with E-state index in [1.807, 2.05) is 6.92 Å². The van der Waals surface area contributed by atoms with Crippen molar-refractivity contribution >= 4 is 63.3 Å². The van der Waals surface area contributed by atoms with Crippen LogP contribution in [0.3, 0.4) is 0 Å². The molecule has 0 radical (unpaired) electrons. The lowest BCUT2D eigenvalue weighted by Gasteiger charge is -2.14. The highest BCUT2D eigenvalue weighted by Crippen LogP contribution is 2.48. The summed E-state index contributed by atoms with van der Waals surface area (Å²) in [6, 6.07) is 1.63. The Bertz CT molecular complexity index is 829. The summed E-state index contributed by atoms with van der Waals surface area (Å²) in [5.74, 6) is 1.57. The molecular formula is C12H10Cl2N6S.